The van der Waals surface area contributed by atoms with Crippen molar-refractivity contribution in [3.05, 3.63) is 35.9 Å². The number of carbonyl (C=O) groups excluding carboxylic acids is 2. The van der Waals surface area contributed by atoms with Gasteiger partial charge in [0.2, 0.25) is 0 Å². The first kappa shape index (κ1) is 17.9. The maximum Gasteiger partial charge on any atom is 0.257 e. The molecule has 0 spiro atoms. The van der Waals surface area contributed by atoms with Gasteiger partial charge in [-0.2, -0.15) is 0 Å². The first-order valence-electron chi connectivity index (χ1n) is 8.05. The van der Waals surface area contributed by atoms with Gasteiger partial charge in [-0.1, -0.05) is 45.9 Å². The average molecular weight is 334 g/mol. The highest BCUT2D eigenvalue weighted by molar-refractivity contribution is 8.00. The zero-order valence-corrected chi connectivity index (χ0v) is 15.4. The zero-order valence-electron chi connectivity index (χ0n) is 14.6. The number of thioether (sulfide) groups is 1. The van der Waals surface area contributed by atoms with E-state index in [-0.39, 0.29) is 23.4 Å². The second-order valence-corrected chi connectivity index (χ2v) is 8.18. The van der Waals surface area contributed by atoms with E-state index >= 15 is 0 Å². The lowest BCUT2D eigenvalue weighted by Crippen LogP contribution is -2.50. The van der Waals surface area contributed by atoms with Gasteiger partial charge in [0.1, 0.15) is 6.17 Å². The predicted molar refractivity (Wildman–Crippen MR) is 95.2 cm³/mol. The Morgan fingerprint density at radius 2 is 1.83 bits per heavy atom. The number of carbonyl (C=O) groups is 2. The molecule has 126 valence electrons. The van der Waals surface area contributed by atoms with Crippen molar-refractivity contribution in [3.63, 3.8) is 0 Å². The summed E-state index contributed by atoms with van der Waals surface area (Å²) in [5, 5.41) is -0.433. The molecule has 2 rings (SSSR count). The fourth-order valence-electron chi connectivity index (χ4n) is 3.06. The molecule has 5 heteroatoms. The van der Waals surface area contributed by atoms with E-state index in [2.05, 4.69) is 27.7 Å². The second kappa shape index (κ2) is 6.95. The van der Waals surface area contributed by atoms with Crippen LogP contribution in [0.25, 0.3) is 0 Å². The number of amides is 2. The number of nitrogens with zero attached hydrogens (tertiary/aromatic N) is 2. The normalized spacial score (nSPS) is 21.9. The highest BCUT2D eigenvalue weighted by Crippen LogP contribution is 2.38. The number of hydrogen-bond donors (Lipinski definition) is 0. The van der Waals surface area contributed by atoms with Gasteiger partial charge in [0.05, 0.1) is 0 Å². The maximum absolute atomic E-state index is 13.1. The molecule has 1 aromatic carbocycles. The summed E-state index contributed by atoms with van der Waals surface area (Å²) in [6.07, 6.45) is 0.739. The van der Waals surface area contributed by atoms with Gasteiger partial charge in [0.15, 0.2) is 5.37 Å². The van der Waals surface area contributed by atoms with E-state index in [0.717, 1.165) is 12.2 Å². The Balaban J connectivity index is 2.42. The lowest BCUT2D eigenvalue weighted by molar-refractivity contribution is -0.128. The van der Waals surface area contributed by atoms with Crippen molar-refractivity contribution < 1.29 is 9.59 Å². The molecular weight excluding hydrogens is 308 g/mol. The highest BCUT2D eigenvalue weighted by atomic mass is 32.2. The fourth-order valence-corrected chi connectivity index (χ4v) is 4.19. The van der Waals surface area contributed by atoms with Crippen LogP contribution in [0.1, 0.15) is 44.5 Å². The Hall–Kier alpha value is -1.49. The summed E-state index contributed by atoms with van der Waals surface area (Å²) in [6, 6.07) is 9.23. The molecule has 1 heterocycles. The molecule has 0 bridgehead atoms. The van der Waals surface area contributed by atoms with Gasteiger partial charge in [-0.05, 0) is 24.3 Å². The summed E-state index contributed by atoms with van der Waals surface area (Å²) < 4.78 is 0. The fraction of sp³-hybridized carbons (Fsp3) is 0.556. The third kappa shape index (κ3) is 3.55. The molecule has 0 radical (unpaired) electrons. The molecule has 1 saturated heterocycles. The van der Waals surface area contributed by atoms with Crippen LogP contribution in [0.5, 0.6) is 0 Å². The smallest absolute Gasteiger partial charge is 0.257 e. The molecule has 1 fully saturated rings. The topological polar surface area (TPSA) is 40.6 Å². The molecule has 4 nitrogen and oxygen atoms in total. The minimum Gasteiger partial charge on any atom is -0.322 e. The summed E-state index contributed by atoms with van der Waals surface area (Å²) in [4.78, 5) is 29.3. The monoisotopic (exact) mass is 334 g/mol. The van der Waals surface area contributed by atoms with E-state index in [0.29, 0.717) is 5.56 Å². The summed E-state index contributed by atoms with van der Waals surface area (Å²) in [6.45, 7) is 8.29. The Labute approximate surface area is 143 Å². The van der Waals surface area contributed by atoms with Crippen molar-refractivity contribution in [2.24, 2.45) is 5.41 Å². The van der Waals surface area contributed by atoms with Crippen LogP contribution in [-0.4, -0.2) is 46.0 Å². The van der Waals surface area contributed by atoms with Crippen molar-refractivity contribution in [1.82, 2.24) is 9.80 Å². The third-order valence-corrected chi connectivity index (χ3v) is 5.34. The molecule has 2 amide bonds. The minimum absolute atomic E-state index is 0.0210. The molecule has 2 atom stereocenters. The lowest BCUT2D eigenvalue weighted by atomic mass is 9.91. The van der Waals surface area contributed by atoms with E-state index in [9.17, 15) is 9.59 Å². The van der Waals surface area contributed by atoms with E-state index in [4.69, 9.17) is 0 Å². The number of likely N-dealkylation sites (N-methyl/N-ethyl adjacent to an activating group) is 1. The van der Waals surface area contributed by atoms with Crippen molar-refractivity contribution in [2.45, 2.75) is 45.7 Å². The summed E-state index contributed by atoms with van der Waals surface area (Å²) >= 11 is 1.56. The molecular formula is C18H26N2O2S. The molecule has 1 aliphatic heterocycles. The van der Waals surface area contributed by atoms with Gasteiger partial charge in [0.25, 0.3) is 11.8 Å². The van der Waals surface area contributed by atoms with Gasteiger partial charge < -0.3 is 4.90 Å². The summed E-state index contributed by atoms with van der Waals surface area (Å²) in [5.74, 6) is 0.809. The zero-order chi connectivity index (χ0) is 17.2. The van der Waals surface area contributed by atoms with Crippen LogP contribution in [-0.2, 0) is 4.79 Å². The van der Waals surface area contributed by atoms with Gasteiger partial charge in [-0.25, -0.2) is 0 Å². The predicted octanol–water partition coefficient (Wildman–Crippen LogP) is 3.44. The summed E-state index contributed by atoms with van der Waals surface area (Å²) in [5.41, 5.74) is 0.420. The SMILES string of the molecule is CCCS[C@H]1C(=O)N(C)[C@H](C(C)(C)C)N1C(=O)c1ccccc1. The molecule has 0 N–H and O–H groups in total. The van der Waals surface area contributed by atoms with Crippen molar-refractivity contribution >= 4 is 23.6 Å². The summed E-state index contributed by atoms with van der Waals surface area (Å²) in [7, 11) is 1.80. The number of rotatable bonds is 4. The molecule has 1 aliphatic rings. The minimum atomic E-state index is -0.433. The van der Waals surface area contributed by atoms with Crippen LogP contribution >= 0.6 is 11.8 Å². The quantitative estimate of drug-likeness (QED) is 0.847. The van der Waals surface area contributed by atoms with E-state index < -0.39 is 5.37 Å². The second-order valence-electron chi connectivity index (χ2n) is 6.99. The Morgan fingerprint density at radius 3 is 2.35 bits per heavy atom. The number of benzene rings is 1. The van der Waals surface area contributed by atoms with Crippen LogP contribution in [0.15, 0.2) is 30.3 Å². The Morgan fingerprint density at radius 1 is 1.22 bits per heavy atom. The molecule has 0 aromatic heterocycles. The van der Waals surface area contributed by atoms with E-state index in [1.807, 2.05) is 30.3 Å². The van der Waals surface area contributed by atoms with E-state index in [1.165, 1.54) is 0 Å². The number of hydrogen-bond acceptors (Lipinski definition) is 3. The first-order chi connectivity index (χ1) is 10.8. The third-order valence-electron chi connectivity index (χ3n) is 3.95. The first-order valence-corrected chi connectivity index (χ1v) is 9.10. The average Bonchev–Trinajstić information content (AvgIpc) is 2.77. The van der Waals surface area contributed by atoms with Crippen molar-refractivity contribution in [1.29, 1.82) is 0 Å². The Kier molecular flexibility index (Phi) is 5.40. The van der Waals surface area contributed by atoms with E-state index in [1.54, 1.807) is 28.6 Å². The molecule has 0 aliphatic carbocycles. The van der Waals surface area contributed by atoms with Crippen LogP contribution in [0.2, 0.25) is 0 Å². The van der Waals surface area contributed by atoms with Crippen LogP contribution in [0.3, 0.4) is 0 Å². The largest absolute Gasteiger partial charge is 0.322 e. The van der Waals surface area contributed by atoms with Crippen molar-refractivity contribution in [3.8, 4) is 0 Å². The van der Waals surface area contributed by atoms with Gasteiger partial charge in [0, 0.05) is 18.0 Å². The molecule has 0 unspecified atom stereocenters. The van der Waals surface area contributed by atoms with Gasteiger partial charge >= 0.3 is 0 Å². The van der Waals surface area contributed by atoms with Crippen LogP contribution in [0, 0.1) is 5.41 Å². The molecule has 23 heavy (non-hydrogen) atoms. The van der Waals surface area contributed by atoms with Gasteiger partial charge in [-0.15, -0.1) is 11.8 Å². The molecule has 1 aromatic rings. The lowest BCUT2D eigenvalue weighted by Gasteiger charge is -2.38. The van der Waals surface area contributed by atoms with Gasteiger partial charge in [-0.3, -0.25) is 14.5 Å². The Bertz CT molecular complexity index is 568. The van der Waals surface area contributed by atoms with Crippen molar-refractivity contribution in [2.75, 3.05) is 12.8 Å². The van der Waals surface area contributed by atoms with Crippen LogP contribution in [0.4, 0.5) is 0 Å². The molecule has 0 saturated carbocycles. The highest BCUT2D eigenvalue weighted by Gasteiger charge is 2.51. The standard InChI is InChI=1S/C18H26N2O2S/c1-6-12-23-16-15(22)19(5)17(18(2,3)4)20(16)14(21)13-10-8-7-9-11-13/h7-11,16-17H,6,12H2,1-5H3/t16-,17-/m0/s1. The maximum atomic E-state index is 13.1. The van der Waals surface area contributed by atoms with Crippen LogP contribution < -0.4 is 0 Å².